The van der Waals surface area contributed by atoms with Gasteiger partial charge in [-0.2, -0.15) is 5.10 Å². The molecule has 2 aromatic carbocycles. The lowest BCUT2D eigenvalue weighted by Gasteiger charge is -2.10. The van der Waals surface area contributed by atoms with Gasteiger partial charge in [0.1, 0.15) is 0 Å². The normalized spacial score (nSPS) is 10.4. The molecule has 0 bridgehead atoms. The van der Waals surface area contributed by atoms with Gasteiger partial charge in [0.05, 0.1) is 11.7 Å². The van der Waals surface area contributed by atoms with Crippen molar-refractivity contribution in [2.45, 2.75) is 0 Å². The lowest BCUT2D eigenvalue weighted by Crippen LogP contribution is -2.18. The molecule has 0 atom stereocenters. The zero-order chi connectivity index (χ0) is 13.9. The molecule has 0 aliphatic carbocycles. The fraction of sp³-hybridized carbons (Fsp3) is 0. The number of nitrogens with one attached hydrogen (secondary N) is 3. The number of benzene rings is 2. The summed E-state index contributed by atoms with van der Waals surface area (Å²) in [4.78, 5) is 0. The summed E-state index contributed by atoms with van der Waals surface area (Å²) >= 11 is 5.28. The minimum atomic E-state index is 0.526. The Morgan fingerprint density at radius 1 is 1.05 bits per heavy atom. The van der Waals surface area contributed by atoms with E-state index in [9.17, 15) is 0 Å². The molecule has 0 unspecified atom stereocenters. The zero-order valence-corrected chi connectivity index (χ0v) is 11.4. The van der Waals surface area contributed by atoms with Crippen LogP contribution >= 0.6 is 12.2 Å². The van der Waals surface area contributed by atoms with Crippen molar-refractivity contribution < 1.29 is 0 Å². The maximum atomic E-state index is 5.64. The van der Waals surface area contributed by atoms with Crippen LogP contribution in [0.2, 0.25) is 0 Å². The maximum Gasteiger partial charge on any atom is 0.175 e. The Hall–Kier alpha value is -2.60. The molecule has 1 aromatic heterocycles. The molecule has 0 aliphatic rings. The second-order valence-electron chi connectivity index (χ2n) is 4.37. The minimum Gasteiger partial charge on any atom is -0.399 e. The van der Waals surface area contributed by atoms with Crippen LogP contribution in [-0.2, 0) is 0 Å². The number of aromatic nitrogens is 2. The van der Waals surface area contributed by atoms with E-state index in [1.165, 1.54) is 0 Å². The number of nitrogens with zero attached hydrogens (tertiary/aromatic N) is 1. The monoisotopic (exact) mass is 283 g/mol. The van der Waals surface area contributed by atoms with Crippen LogP contribution < -0.4 is 16.4 Å². The molecule has 0 amide bonds. The topological polar surface area (TPSA) is 78.8 Å². The molecular weight excluding hydrogens is 270 g/mol. The van der Waals surface area contributed by atoms with Crippen molar-refractivity contribution in [1.82, 2.24) is 10.2 Å². The Labute approximate surface area is 121 Å². The van der Waals surface area contributed by atoms with Gasteiger partial charge in [0.25, 0.3) is 0 Å². The third kappa shape index (κ3) is 2.70. The Morgan fingerprint density at radius 2 is 1.75 bits per heavy atom. The number of rotatable bonds is 2. The first-order valence-corrected chi connectivity index (χ1v) is 6.48. The summed E-state index contributed by atoms with van der Waals surface area (Å²) in [5.41, 5.74) is 9.15. The first-order chi connectivity index (χ1) is 9.70. The molecule has 3 aromatic rings. The van der Waals surface area contributed by atoms with Crippen LogP contribution in [0.25, 0.3) is 10.9 Å². The van der Waals surface area contributed by atoms with Crippen molar-refractivity contribution in [3.63, 3.8) is 0 Å². The molecule has 3 rings (SSSR count). The average Bonchev–Trinajstić information content (AvgIpc) is 2.89. The van der Waals surface area contributed by atoms with E-state index < -0.39 is 0 Å². The van der Waals surface area contributed by atoms with Crippen molar-refractivity contribution in [3.8, 4) is 0 Å². The van der Waals surface area contributed by atoms with Crippen molar-refractivity contribution in [3.05, 3.63) is 48.7 Å². The fourth-order valence-electron chi connectivity index (χ4n) is 1.88. The van der Waals surface area contributed by atoms with E-state index in [2.05, 4.69) is 20.8 Å². The largest absolute Gasteiger partial charge is 0.399 e. The number of nitrogen functional groups attached to an aromatic ring is 1. The maximum absolute atomic E-state index is 5.64. The summed E-state index contributed by atoms with van der Waals surface area (Å²) in [7, 11) is 0. The van der Waals surface area contributed by atoms with Gasteiger partial charge < -0.3 is 16.4 Å². The first-order valence-electron chi connectivity index (χ1n) is 6.07. The standard InChI is InChI=1S/C14H13N5S/c15-10-1-3-11(4-2-10)17-14(20)18-12-5-6-13-9(7-12)8-16-19-13/h1-8H,15H2,(H,16,19)(H2,17,18,20). The van der Waals surface area contributed by atoms with E-state index in [4.69, 9.17) is 18.0 Å². The average molecular weight is 283 g/mol. The highest BCUT2D eigenvalue weighted by molar-refractivity contribution is 7.80. The van der Waals surface area contributed by atoms with Crippen LogP contribution in [-0.4, -0.2) is 15.3 Å². The van der Waals surface area contributed by atoms with Gasteiger partial charge in [0.2, 0.25) is 0 Å². The van der Waals surface area contributed by atoms with Crippen molar-refractivity contribution >= 4 is 45.3 Å². The summed E-state index contributed by atoms with van der Waals surface area (Å²) in [5.74, 6) is 0. The molecule has 0 saturated carbocycles. The van der Waals surface area contributed by atoms with E-state index in [0.717, 1.165) is 28.0 Å². The van der Waals surface area contributed by atoms with Gasteiger partial charge in [-0.05, 0) is 54.7 Å². The van der Waals surface area contributed by atoms with Crippen LogP contribution in [0.5, 0.6) is 0 Å². The molecule has 20 heavy (non-hydrogen) atoms. The van der Waals surface area contributed by atoms with Gasteiger partial charge in [-0.15, -0.1) is 0 Å². The fourth-order valence-corrected chi connectivity index (χ4v) is 2.12. The summed E-state index contributed by atoms with van der Waals surface area (Å²) < 4.78 is 0. The Morgan fingerprint density at radius 3 is 2.55 bits per heavy atom. The number of nitrogens with two attached hydrogens (primary N) is 1. The Kier molecular flexibility index (Phi) is 3.22. The zero-order valence-electron chi connectivity index (χ0n) is 10.6. The van der Waals surface area contributed by atoms with Gasteiger partial charge in [0, 0.05) is 22.4 Å². The van der Waals surface area contributed by atoms with Gasteiger partial charge in [-0.3, -0.25) is 5.10 Å². The van der Waals surface area contributed by atoms with E-state index >= 15 is 0 Å². The van der Waals surface area contributed by atoms with Crippen molar-refractivity contribution in [2.75, 3.05) is 16.4 Å². The minimum absolute atomic E-state index is 0.526. The quantitative estimate of drug-likeness (QED) is 0.429. The molecule has 0 saturated heterocycles. The number of hydrogen-bond acceptors (Lipinski definition) is 3. The Bertz CT molecular complexity index is 748. The van der Waals surface area contributed by atoms with Gasteiger partial charge in [-0.25, -0.2) is 0 Å². The van der Waals surface area contributed by atoms with E-state index in [0.29, 0.717) is 5.11 Å². The third-order valence-corrected chi connectivity index (χ3v) is 3.07. The van der Waals surface area contributed by atoms with Crippen LogP contribution in [0.3, 0.4) is 0 Å². The molecule has 6 heteroatoms. The predicted molar refractivity (Wildman–Crippen MR) is 86.8 cm³/mol. The van der Waals surface area contributed by atoms with Gasteiger partial charge >= 0.3 is 0 Å². The van der Waals surface area contributed by atoms with Crippen LogP contribution in [0.4, 0.5) is 17.1 Å². The number of anilines is 3. The molecule has 0 spiro atoms. The lowest BCUT2D eigenvalue weighted by molar-refractivity contribution is 1.12. The summed E-state index contributed by atoms with van der Waals surface area (Å²) in [6.45, 7) is 0. The van der Waals surface area contributed by atoms with Crippen molar-refractivity contribution in [2.24, 2.45) is 0 Å². The molecular formula is C14H13N5S. The summed E-state index contributed by atoms with van der Waals surface area (Å²) in [6.07, 6.45) is 1.77. The van der Waals surface area contributed by atoms with E-state index in [1.807, 2.05) is 42.5 Å². The van der Waals surface area contributed by atoms with E-state index in [-0.39, 0.29) is 0 Å². The first kappa shape index (κ1) is 12.4. The highest BCUT2D eigenvalue weighted by Gasteiger charge is 2.01. The molecule has 0 radical (unpaired) electrons. The highest BCUT2D eigenvalue weighted by Crippen LogP contribution is 2.17. The Balaban J connectivity index is 1.70. The van der Waals surface area contributed by atoms with Crippen LogP contribution in [0, 0.1) is 0 Å². The summed E-state index contributed by atoms with van der Waals surface area (Å²) in [6, 6.07) is 13.3. The van der Waals surface area contributed by atoms with Crippen LogP contribution in [0.1, 0.15) is 0 Å². The molecule has 5 N–H and O–H groups in total. The summed E-state index contributed by atoms with van der Waals surface area (Å²) in [5, 5.41) is 14.7. The second-order valence-corrected chi connectivity index (χ2v) is 4.78. The molecule has 0 aliphatic heterocycles. The van der Waals surface area contributed by atoms with E-state index in [1.54, 1.807) is 6.20 Å². The SMILES string of the molecule is Nc1ccc(NC(=S)Nc2ccc3[nH]ncc3c2)cc1. The lowest BCUT2D eigenvalue weighted by atomic mass is 10.2. The number of hydrogen-bond donors (Lipinski definition) is 4. The molecule has 1 heterocycles. The molecule has 5 nitrogen and oxygen atoms in total. The van der Waals surface area contributed by atoms with Gasteiger partial charge in [-0.1, -0.05) is 0 Å². The predicted octanol–water partition coefficient (Wildman–Crippen LogP) is 2.95. The highest BCUT2D eigenvalue weighted by atomic mass is 32.1. The molecule has 100 valence electrons. The van der Waals surface area contributed by atoms with Crippen LogP contribution in [0.15, 0.2) is 48.7 Å². The second kappa shape index (κ2) is 5.18. The smallest absolute Gasteiger partial charge is 0.175 e. The number of fused-ring (bicyclic) bond motifs is 1. The number of aromatic amines is 1. The molecule has 0 fully saturated rings. The number of H-pyrrole nitrogens is 1. The van der Waals surface area contributed by atoms with Crippen molar-refractivity contribution in [1.29, 1.82) is 0 Å². The third-order valence-electron chi connectivity index (χ3n) is 2.87. The number of thiocarbonyl (C=S) groups is 1. The van der Waals surface area contributed by atoms with Gasteiger partial charge in [0.15, 0.2) is 5.11 Å².